The molecule has 0 bridgehead atoms. The van der Waals surface area contributed by atoms with Gasteiger partial charge in [0.25, 0.3) is 0 Å². The number of methoxy groups -OCH3 is 1. The van der Waals surface area contributed by atoms with E-state index >= 15 is 0 Å². The molecule has 0 saturated carbocycles. The summed E-state index contributed by atoms with van der Waals surface area (Å²) in [5.41, 5.74) is -1.18. The topological polar surface area (TPSA) is 120 Å². The first-order valence-corrected chi connectivity index (χ1v) is 10.1. The highest BCUT2D eigenvalue weighted by Crippen LogP contribution is 2.53. The normalized spacial score (nSPS) is 30.3. The van der Waals surface area contributed by atoms with E-state index in [2.05, 4.69) is 4.99 Å². The molecule has 0 spiro atoms. The summed E-state index contributed by atoms with van der Waals surface area (Å²) in [5.74, 6) is -4.31. The minimum absolute atomic E-state index is 0.214. The number of hydrogen-bond donors (Lipinski definition) is 1. The second kappa shape index (κ2) is 8.94. The molecule has 32 heavy (non-hydrogen) atoms. The van der Waals surface area contributed by atoms with E-state index < -0.39 is 35.5 Å². The largest absolute Gasteiger partial charge is 0.490 e. The van der Waals surface area contributed by atoms with Crippen LogP contribution in [-0.2, 0) is 23.9 Å². The van der Waals surface area contributed by atoms with Crippen LogP contribution in [-0.4, -0.2) is 102 Å². The van der Waals surface area contributed by atoms with Crippen LogP contribution < -0.4 is 0 Å². The first kappa shape index (κ1) is 25.4. The molecule has 0 unspecified atom stereocenters. The van der Waals surface area contributed by atoms with Crippen molar-refractivity contribution in [1.29, 1.82) is 0 Å². The van der Waals surface area contributed by atoms with Crippen LogP contribution in [0, 0.1) is 11.8 Å². The van der Waals surface area contributed by atoms with Gasteiger partial charge in [-0.3, -0.25) is 19.5 Å². The van der Waals surface area contributed by atoms with Crippen molar-refractivity contribution in [2.75, 3.05) is 34.3 Å². The number of fused-ring (bicyclic) bond motifs is 3. The first-order valence-electron chi connectivity index (χ1n) is 10.1. The third-order valence-corrected chi connectivity index (χ3v) is 6.08. The van der Waals surface area contributed by atoms with Gasteiger partial charge in [-0.25, -0.2) is 9.59 Å². The second-order valence-corrected chi connectivity index (χ2v) is 7.81. The van der Waals surface area contributed by atoms with Gasteiger partial charge in [-0.15, -0.1) is 0 Å². The van der Waals surface area contributed by atoms with Gasteiger partial charge in [-0.05, 0) is 12.8 Å². The zero-order valence-electron chi connectivity index (χ0n) is 18.5. The van der Waals surface area contributed by atoms with E-state index in [-0.39, 0.29) is 17.9 Å². The maximum absolute atomic E-state index is 12.9. The van der Waals surface area contributed by atoms with Crippen LogP contribution in [0.1, 0.15) is 26.7 Å². The summed E-state index contributed by atoms with van der Waals surface area (Å²) in [6.07, 6.45) is -3.83. The fourth-order valence-corrected chi connectivity index (χ4v) is 4.74. The van der Waals surface area contributed by atoms with Crippen molar-refractivity contribution >= 4 is 29.7 Å². The summed E-state index contributed by atoms with van der Waals surface area (Å²) in [6.45, 7) is 5.09. The number of nitrogens with zero attached hydrogens (tertiary/aromatic N) is 4. The molecular weight excluding hydrogens is 437 g/mol. The summed E-state index contributed by atoms with van der Waals surface area (Å²) < 4.78 is 36.9. The number of carboxylic acid groups (broad SMARTS) is 1. The highest BCUT2D eigenvalue weighted by molar-refractivity contribution is 6.11. The van der Waals surface area contributed by atoms with Crippen LogP contribution in [0.3, 0.4) is 0 Å². The van der Waals surface area contributed by atoms with Crippen LogP contribution in [0.25, 0.3) is 0 Å². The van der Waals surface area contributed by atoms with Crippen LogP contribution in [0.2, 0.25) is 0 Å². The molecule has 3 heterocycles. The molecule has 3 aliphatic heterocycles. The third kappa shape index (κ3) is 3.77. The Morgan fingerprint density at radius 3 is 2.22 bits per heavy atom. The number of halogens is 3. The molecule has 1 N–H and O–H groups in total. The van der Waals surface area contributed by atoms with Gasteiger partial charge >= 0.3 is 18.1 Å². The average molecular weight is 464 g/mol. The monoisotopic (exact) mass is 464 g/mol. The lowest BCUT2D eigenvalue weighted by Crippen LogP contribution is -2.59. The lowest BCUT2D eigenvalue weighted by molar-refractivity contribution is -0.192. The Kier molecular flexibility index (Phi) is 7.10. The second-order valence-electron chi connectivity index (χ2n) is 7.81. The van der Waals surface area contributed by atoms with Crippen molar-refractivity contribution in [3.8, 4) is 0 Å². The molecule has 4 atom stereocenters. The Bertz CT molecular complexity index is 832. The zero-order chi connectivity index (χ0) is 24.6. The van der Waals surface area contributed by atoms with E-state index in [4.69, 9.17) is 14.6 Å². The highest BCUT2D eigenvalue weighted by atomic mass is 19.4. The minimum Gasteiger partial charge on any atom is -0.475 e. The molecule has 2 amide bonds. The van der Waals surface area contributed by atoms with Gasteiger partial charge in [0.2, 0.25) is 11.8 Å². The fraction of sp³-hybridized carbons (Fsp3) is 0.737. The van der Waals surface area contributed by atoms with Gasteiger partial charge in [0.15, 0.2) is 11.5 Å². The molecule has 180 valence electrons. The minimum atomic E-state index is -5.08. The molecule has 0 aromatic rings. The van der Waals surface area contributed by atoms with Crippen molar-refractivity contribution < 1.29 is 42.2 Å². The number of alkyl halides is 3. The Labute approximate surface area is 183 Å². The Morgan fingerprint density at radius 2 is 1.78 bits per heavy atom. The molecule has 3 saturated heterocycles. The van der Waals surface area contributed by atoms with Crippen LogP contribution >= 0.6 is 0 Å². The quantitative estimate of drug-likeness (QED) is 0.474. The lowest BCUT2D eigenvalue weighted by atomic mass is 9.78. The number of amides is 2. The number of esters is 1. The van der Waals surface area contributed by atoms with E-state index in [0.717, 1.165) is 6.42 Å². The Hall–Kier alpha value is -2.86. The SMILES string of the molecule is CCCN=C1N(C)C[C@@H]2[C@@H]3C(=O)N(C)C(=O)[C@@H]3[C@](CC)(C(=O)OC)N12.O=C(O)C(F)(F)F. The van der Waals surface area contributed by atoms with E-state index in [9.17, 15) is 27.6 Å². The van der Waals surface area contributed by atoms with Gasteiger partial charge < -0.3 is 19.6 Å². The lowest BCUT2D eigenvalue weighted by Gasteiger charge is -2.39. The van der Waals surface area contributed by atoms with Gasteiger partial charge in [-0.2, -0.15) is 13.2 Å². The van der Waals surface area contributed by atoms with E-state index in [1.807, 2.05) is 30.7 Å². The maximum atomic E-state index is 12.9. The number of carbonyl (C=O) groups is 4. The molecule has 0 aromatic heterocycles. The standard InChI is InChI=1S/C17H26N4O4.C2HF3O2/c1-6-8-18-16-19(3)9-10-11-12(14(23)20(4)13(11)22)17(7-2,21(10)16)15(24)25-5;3-2(4,5)1(6)7/h10-12H,6-9H2,1-5H3;(H,6,7)/t10-,11+,12-,17-;/m1./s1. The molecule has 0 aromatic carbocycles. The number of carbonyl (C=O) groups excluding carboxylic acids is 3. The number of likely N-dealkylation sites (tertiary alicyclic amines) is 1. The molecule has 3 rings (SSSR count). The van der Waals surface area contributed by atoms with E-state index in [0.29, 0.717) is 25.5 Å². The molecule has 0 aliphatic carbocycles. The number of aliphatic carboxylic acids is 1. The highest BCUT2D eigenvalue weighted by Gasteiger charge is 2.73. The molecule has 3 aliphatic rings. The number of hydrogen-bond acceptors (Lipinski definition) is 6. The number of imide groups is 1. The molecule has 0 radical (unpaired) electrons. The van der Waals surface area contributed by atoms with Gasteiger partial charge in [-0.1, -0.05) is 13.8 Å². The number of rotatable bonds is 4. The van der Waals surface area contributed by atoms with Crippen LogP contribution in [0.5, 0.6) is 0 Å². The summed E-state index contributed by atoms with van der Waals surface area (Å²) in [6, 6.07) is -0.244. The van der Waals surface area contributed by atoms with Crippen molar-refractivity contribution in [3.05, 3.63) is 0 Å². The number of guanidine groups is 1. The van der Waals surface area contributed by atoms with Gasteiger partial charge in [0.05, 0.1) is 25.0 Å². The molecule has 10 nitrogen and oxygen atoms in total. The maximum Gasteiger partial charge on any atom is 0.490 e. The molecular formula is C19H27F3N4O6. The van der Waals surface area contributed by atoms with E-state index in [1.54, 1.807) is 0 Å². The first-order chi connectivity index (χ1) is 14.8. The summed E-state index contributed by atoms with van der Waals surface area (Å²) in [4.78, 5) is 57.1. The molecule has 13 heteroatoms. The summed E-state index contributed by atoms with van der Waals surface area (Å²) in [5, 5.41) is 7.12. The van der Waals surface area contributed by atoms with Crippen molar-refractivity contribution in [2.45, 2.75) is 44.4 Å². The smallest absolute Gasteiger partial charge is 0.475 e. The van der Waals surface area contributed by atoms with Crippen molar-refractivity contribution in [2.24, 2.45) is 16.8 Å². The molecule has 3 fully saturated rings. The average Bonchev–Trinajstić information content (AvgIpc) is 3.28. The Morgan fingerprint density at radius 1 is 1.22 bits per heavy atom. The zero-order valence-corrected chi connectivity index (χ0v) is 18.5. The summed E-state index contributed by atoms with van der Waals surface area (Å²) in [7, 11) is 4.73. The van der Waals surface area contributed by atoms with Crippen LogP contribution in [0.15, 0.2) is 4.99 Å². The van der Waals surface area contributed by atoms with Crippen molar-refractivity contribution in [3.63, 3.8) is 0 Å². The number of likely N-dealkylation sites (N-methyl/N-ethyl adjacent to an activating group) is 1. The van der Waals surface area contributed by atoms with E-state index in [1.165, 1.54) is 19.1 Å². The summed E-state index contributed by atoms with van der Waals surface area (Å²) >= 11 is 0. The fourth-order valence-electron chi connectivity index (χ4n) is 4.74. The number of aliphatic imine (C=N–C) groups is 1. The number of ether oxygens (including phenoxy) is 1. The predicted molar refractivity (Wildman–Crippen MR) is 104 cm³/mol. The van der Waals surface area contributed by atoms with Crippen molar-refractivity contribution in [1.82, 2.24) is 14.7 Å². The third-order valence-electron chi connectivity index (χ3n) is 6.08. The van der Waals surface area contributed by atoms with Gasteiger partial charge in [0.1, 0.15) is 0 Å². The van der Waals surface area contributed by atoms with Gasteiger partial charge in [0, 0.05) is 27.2 Å². The Balaban J connectivity index is 0.000000451. The van der Waals surface area contributed by atoms with Crippen LogP contribution in [0.4, 0.5) is 13.2 Å². The number of carboxylic acids is 1. The predicted octanol–water partition coefficient (Wildman–Crippen LogP) is 0.568.